The van der Waals surface area contributed by atoms with Crippen molar-refractivity contribution in [1.82, 2.24) is 9.80 Å². The van der Waals surface area contributed by atoms with Crippen LogP contribution >= 0.6 is 0 Å². The van der Waals surface area contributed by atoms with Gasteiger partial charge in [-0.3, -0.25) is 4.79 Å². The summed E-state index contributed by atoms with van der Waals surface area (Å²) in [5.74, 6) is -1.51. The molecule has 0 saturated carbocycles. The Hall–Kier alpha value is -1.30. The van der Waals surface area contributed by atoms with Crippen molar-refractivity contribution in [1.29, 1.82) is 0 Å². The van der Waals surface area contributed by atoms with Gasteiger partial charge in [-0.05, 0) is 12.8 Å². The summed E-state index contributed by atoms with van der Waals surface area (Å²) in [6, 6.07) is -0.446. The third kappa shape index (κ3) is 4.88. The molecule has 1 N–H and O–H groups in total. The Bertz CT molecular complexity index is 349. The lowest BCUT2D eigenvalue weighted by atomic mass is 10.0. The molecule has 1 aliphatic rings. The molecule has 2 unspecified atom stereocenters. The minimum atomic E-state index is -0.889. The summed E-state index contributed by atoms with van der Waals surface area (Å²) in [6.07, 6.45) is 3.98. The van der Waals surface area contributed by atoms with Crippen molar-refractivity contribution >= 4 is 12.0 Å². The summed E-state index contributed by atoms with van der Waals surface area (Å²) in [4.78, 5) is 27.3. The molecule has 0 spiro atoms. The van der Waals surface area contributed by atoms with Gasteiger partial charge in [-0.25, -0.2) is 4.79 Å². The SMILES string of the molecule is CCCCCN(C)C(=O)N(CCC)C1COCC1C(=O)O. The maximum absolute atomic E-state index is 12.6. The van der Waals surface area contributed by atoms with Gasteiger partial charge in [-0.2, -0.15) is 0 Å². The first-order chi connectivity index (χ1) is 10.0. The van der Waals surface area contributed by atoms with Crippen LogP contribution in [0.5, 0.6) is 0 Å². The Balaban J connectivity index is 2.70. The highest BCUT2D eigenvalue weighted by Crippen LogP contribution is 2.21. The molecular weight excluding hydrogens is 272 g/mol. The number of aliphatic carboxylic acids is 1. The average Bonchev–Trinajstić information content (AvgIpc) is 2.93. The maximum atomic E-state index is 12.6. The van der Waals surface area contributed by atoms with E-state index in [0.717, 1.165) is 25.7 Å². The summed E-state index contributed by atoms with van der Waals surface area (Å²) in [5, 5.41) is 9.26. The molecule has 1 saturated heterocycles. The van der Waals surface area contributed by atoms with Crippen molar-refractivity contribution in [2.75, 3.05) is 33.4 Å². The quantitative estimate of drug-likeness (QED) is 0.696. The van der Waals surface area contributed by atoms with E-state index in [2.05, 4.69) is 6.92 Å². The molecule has 2 amide bonds. The summed E-state index contributed by atoms with van der Waals surface area (Å²) < 4.78 is 5.29. The first-order valence-electron chi connectivity index (χ1n) is 7.85. The number of carbonyl (C=O) groups excluding carboxylic acids is 1. The zero-order chi connectivity index (χ0) is 15.8. The third-order valence-electron chi connectivity index (χ3n) is 3.90. The lowest BCUT2D eigenvalue weighted by Crippen LogP contribution is -2.51. The van der Waals surface area contributed by atoms with Gasteiger partial charge >= 0.3 is 12.0 Å². The van der Waals surface area contributed by atoms with Crippen molar-refractivity contribution in [2.24, 2.45) is 5.92 Å². The monoisotopic (exact) mass is 300 g/mol. The Labute approximate surface area is 127 Å². The Morgan fingerprint density at radius 1 is 1.14 bits per heavy atom. The lowest BCUT2D eigenvalue weighted by molar-refractivity contribution is -0.142. The van der Waals surface area contributed by atoms with Crippen molar-refractivity contribution in [3.05, 3.63) is 0 Å². The minimum Gasteiger partial charge on any atom is -0.481 e. The molecule has 1 aliphatic heterocycles. The van der Waals surface area contributed by atoms with Gasteiger partial charge in [-0.1, -0.05) is 26.7 Å². The molecule has 122 valence electrons. The van der Waals surface area contributed by atoms with E-state index in [1.165, 1.54) is 0 Å². The number of amides is 2. The standard InChI is InChI=1S/C15H28N2O4/c1-4-6-7-9-16(3)15(20)17(8-5-2)13-11-21-10-12(13)14(18)19/h12-13H,4-11H2,1-3H3,(H,18,19). The molecule has 6 heteroatoms. The summed E-state index contributed by atoms with van der Waals surface area (Å²) in [6.45, 7) is 5.88. The maximum Gasteiger partial charge on any atom is 0.320 e. The van der Waals surface area contributed by atoms with Crippen LogP contribution in [0.3, 0.4) is 0 Å². The smallest absolute Gasteiger partial charge is 0.320 e. The summed E-state index contributed by atoms with van der Waals surface area (Å²) in [7, 11) is 1.78. The van der Waals surface area contributed by atoms with Gasteiger partial charge in [0.2, 0.25) is 0 Å². The van der Waals surface area contributed by atoms with Crippen molar-refractivity contribution in [2.45, 2.75) is 45.6 Å². The second-order valence-electron chi connectivity index (χ2n) is 5.65. The molecule has 6 nitrogen and oxygen atoms in total. The molecule has 0 aromatic heterocycles. The van der Waals surface area contributed by atoms with Gasteiger partial charge in [0, 0.05) is 20.1 Å². The van der Waals surface area contributed by atoms with E-state index in [-0.39, 0.29) is 18.7 Å². The Morgan fingerprint density at radius 3 is 2.43 bits per heavy atom. The van der Waals surface area contributed by atoms with Crippen LogP contribution in [0, 0.1) is 5.92 Å². The number of carboxylic acid groups (broad SMARTS) is 1. The number of rotatable bonds is 8. The van der Waals surface area contributed by atoms with Gasteiger partial charge in [0.25, 0.3) is 0 Å². The molecule has 21 heavy (non-hydrogen) atoms. The Morgan fingerprint density at radius 2 is 1.86 bits per heavy atom. The van der Waals surface area contributed by atoms with E-state index < -0.39 is 11.9 Å². The number of nitrogens with zero attached hydrogens (tertiary/aromatic N) is 2. The highest BCUT2D eigenvalue weighted by Gasteiger charge is 2.40. The van der Waals surface area contributed by atoms with E-state index in [4.69, 9.17) is 4.74 Å². The van der Waals surface area contributed by atoms with Crippen LogP contribution in [0.15, 0.2) is 0 Å². The van der Waals surface area contributed by atoms with E-state index >= 15 is 0 Å². The second kappa shape index (κ2) is 8.87. The van der Waals surface area contributed by atoms with Crippen LogP contribution in [0.1, 0.15) is 39.5 Å². The minimum absolute atomic E-state index is 0.0882. The van der Waals surface area contributed by atoms with Gasteiger partial charge < -0.3 is 19.6 Å². The predicted octanol–water partition coefficient (Wildman–Crippen LogP) is 2.04. The fraction of sp³-hybridized carbons (Fsp3) is 0.867. The van der Waals surface area contributed by atoms with Crippen molar-refractivity contribution < 1.29 is 19.4 Å². The number of carboxylic acids is 1. The molecule has 0 aromatic carbocycles. The van der Waals surface area contributed by atoms with Crippen LogP contribution in [0.25, 0.3) is 0 Å². The molecule has 2 atom stereocenters. The fourth-order valence-corrected chi connectivity index (χ4v) is 2.64. The zero-order valence-electron chi connectivity index (χ0n) is 13.4. The highest BCUT2D eigenvalue weighted by molar-refractivity contribution is 5.77. The average molecular weight is 300 g/mol. The van der Waals surface area contributed by atoms with Crippen LogP contribution in [0.4, 0.5) is 4.79 Å². The van der Waals surface area contributed by atoms with E-state index in [1.54, 1.807) is 16.8 Å². The summed E-state index contributed by atoms with van der Waals surface area (Å²) in [5.41, 5.74) is 0. The summed E-state index contributed by atoms with van der Waals surface area (Å²) >= 11 is 0. The second-order valence-corrected chi connectivity index (χ2v) is 5.65. The first kappa shape index (κ1) is 17.8. The molecule has 1 heterocycles. The van der Waals surface area contributed by atoms with Gasteiger partial charge in [-0.15, -0.1) is 0 Å². The van der Waals surface area contributed by atoms with E-state index in [9.17, 15) is 14.7 Å². The zero-order valence-corrected chi connectivity index (χ0v) is 13.4. The number of urea groups is 1. The topological polar surface area (TPSA) is 70.1 Å². The van der Waals surface area contributed by atoms with Crippen LogP contribution < -0.4 is 0 Å². The molecule has 1 rings (SSSR count). The molecule has 0 aromatic rings. The number of hydrogen-bond donors (Lipinski definition) is 1. The van der Waals surface area contributed by atoms with Crippen molar-refractivity contribution in [3.63, 3.8) is 0 Å². The molecule has 0 bridgehead atoms. The number of hydrogen-bond acceptors (Lipinski definition) is 3. The highest BCUT2D eigenvalue weighted by atomic mass is 16.5. The van der Waals surface area contributed by atoms with Crippen LogP contribution in [-0.2, 0) is 9.53 Å². The molecule has 0 radical (unpaired) electrons. The number of unbranched alkanes of at least 4 members (excludes halogenated alkanes) is 2. The van der Waals surface area contributed by atoms with Crippen LogP contribution in [-0.4, -0.2) is 66.3 Å². The van der Waals surface area contributed by atoms with Gasteiger partial charge in [0.05, 0.1) is 19.3 Å². The van der Waals surface area contributed by atoms with Crippen molar-refractivity contribution in [3.8, 4) is 0 Å². The van der Waals surface area contributed by atoms with E-state index in [1.807, 2.05) is 6.92 Å². The number of ether oxygens (including phenoxy) is 1. The largest absolute Gasteiger partial charge is 0.481 e. The van der Waals surface area contributed by atoms with Crippen LogP contribution in [0.2, 0.25) is 0 Å². The van der Waals surface area contributed by atoms with E-state index in [0.29, 0.717) is 19.7 Å². The molecular formula is C15H28N2O4. The van der Waals surface area contributed by atoms with Gasteiger partial charge in [0.15, 0.2) is 0 Å². The fourth-order valence-electron chi connectivity index (χ4n) is 2.64. The Kier molecular flexibility index (Phi) is 7.50. The molecule has 1 fully saturated rings. The first-order valence-corrected chi connectivity index (χ1v) is 7.85. The normalized spacial score (nSPS) is 21.3. The molecule has 0 aliphatic carbocycles. The lowest BCUT2D eigenvalue weighted by Gasteiger charge is -2.33. The third-order valence-corrected chi connectivity index (χ3v) is 3.90. The predicted molar refractivity (Wildman–Crippen MR) is 80.3 cm³/mol. The van der Waals surface area contributed by atoms with Gasteiger partial charge in [0.1, 0.15) is 5.92 Å². The number of carbonyl (C=O) groups is 2.